The van der Waals surface area contributed by atoms with Crippen LogP contribution in [0.2, 0.25) is 5.02 Å². The lowest BCUT2D eigenvalue weighted by atomic mass is 10.1. The summed E-state index contributed by atoms with van der Waals surface area (Å²) in [5.74, 6) is -0.824. The third-order valence-corrected chi connectivity index (χ3v) is 7.07. The van der Waals surface area contributed by atoms with Crippen molar-refractivity contribution in [1.82, 2.24) is 5.32 Å². The van der Waals surface area contributed by atoms with Gasteiger partial charge in [-0.15, -0.1) is 0 Å². The van der Waals surface area contributed by atoms with E-state index in [9.17, 15) is 24.5 Å². The van der Waals surface area contributed by atoms with Gasteiger partial charge < -0.3 is 14.2 Å². The van der Waals surface area contributed by atoms with E-state index in [2.05, 4.69) is 5.32 Å². The van der Waals surface area contributed by atoms with E-state index in [4.69, 9.17) is 25.8 Å². The number of hydrogen-bond donors (Lipinski definition) is 1. The number of nitro benzene ring substituents is 1. The number of methoxy groups -OCH3 is 1. The number of aryl methyl sites for hydroxylation is 1. The zero-order valence-electron chi connectivity index (χ0n) is 24.1. The Hall–Kier alpha value is -5.68. The Morgan fingerprint density at radius 2 is 1.62 bits per heavy atom. The zero-order chi connectivity index (χ0) is 32.1. The topological polar surface area (TPSA) is 137 Å². The van der Waals surface area contributed by atoms with Crippen LogP contribution in [0.4, 0.5) is 16.2 Å². The number of imide groups is 2. The number of nitro groups is 1. The van der Waals surface area contributed by atoms with Gasteiger partial charge in [-0.25, -0.2) is 9.69 Å². The van der Waals surface area contributed by atoms with Crippen molar-refractivity contribution in [3.05, 3.63) is 128 Å². The summed E-state index contributed by atoms with van der Waals surface area (Å²) in [6.45, 7) is 2.31. The molecular formula is C33H26ClN3O8. The fraction of sp³-hybridized carbons (Fsp3) is 0.121. The van der Waals surface area contributed by atoms with Crippen molar-refractivity contribution in [3.63, 3.8) is 0 Å². The van der Waals surface area contributed by atoms with E-state index < -0.39 is 22.8 Å². The lowest BCUT2D eigenvalue weighted by molar-refractivity contribution is -0.384. The molecule has 1 aliphatic heterocycles. The Bertz CT molecular complexity index is 1820. The Balaban J connectivity index is 1.33. The molecule has 12 heteroatoms. The van der Waals surface area contributed by atoms with Gasteiger partial charge in [-0.3, -0.25) is 25.0 Å². The molecule has 0 saturated carbocycles. The van der Waals surface area contributed by atoms with E-state index in [-0.39, 0.29) is 40.1 Å². The summed E-state index contributed by atoms with van der Waals surface area (Å²) in [5, 5.41) is 13.4. The second-order valence-electron chi connectivity index (χ2n) is 9.98. The fourth-order valence-corrected chi connectivity index (χ4v) is 4.75. The largest absolute Gasteiger partial charge is 0.493 e. The smallest absolute Gasteiger partial charge is 0.335 e. The highest BCUT2D eigenvalue weighted by Crippen LogP contribution is 2.38. The molecule has 1 fully saturated rings. The van der Waals surface area contributed by atoms with Gasteiger partial charge >= 0.3 is 6.03 Å². The quantitative estimate of drug-likeness (QED) is 0.0924. The van der Waals surface area contributed by atoms with E-state index in [1.54, 1.807) is 36.4 Å². The minimum absolute atomic E-state index is 0.0358. The third-order valence-electron chi connectivity index (χ3n) is 6.79. The average molecular weight is 628 g/mol. The van der Waals surface area contributed by atoms with Crippen molar-refractivity contribution in [1.29, 1.82) is 0 Å². The minimum Gasteiger partial charge on any atom is -0.493 e. The van der Waals surface area contributed by atoms with E-state index in [1.807, 2.05) is 31.2 Å². The van der Waals surface area contributed by atoms with E-state index >= 15 is 0 Å². The highest BCUT2D eigenvalue weighted by molar-refractivity contribution is 6.39. The van der Waals surface area contributed by atoms with Gasteiger partial charge in [0.2, 0.25) is 0 Å². The number of barbiturate groups is 1. The molecule has 4 aromatic rings. The van der Waals surface area contributed by atoms with Gasteiger partial charge in [-0.1, -0.05) is 53.6 Å². The molecule has 0 spiro atoms. The first-order valence-corrected chi connectivity index (χ1v) is 13.9. The summed E-state index contributed by atoms with van der Waals surface area (Å²) in [6, 6.07) is 22.3. The average Bonchev–Trinajstić information content (AvgIpc) is 3.02. The Morgan fingerprint density at radius 1 is 0.911 bits per heavy atom. The molecule has 4 aromatic carbocycles. The number of nitrogens with one attached hydrogen (secondary N) is 1. The third kappa shape index (κ3) is 7.11. The SMILES string of the molecule is COc1cc(/C=C2\C(=O)NC(=O)N(c3ccc(OCc4ccc(C)cc4)cc3)C2=O)cc(Cl)c1OCc1cccc([N+](=O)[O-])c1. The number of rotatable bonds is 10. The summed E-state index contributed by atoms with van der Waals surface area (Å²) in [5.41, 5.74) is 2.84. The predicted molar refractivity (Wildman–Crippen MR) is 166 cm³/mol. The molecule has 0 unspecified atom stereocenters. The second-order valence-corrected chi connectivity index (χ2v) is 10.4. The van der Waals surface area contributed by atoms with Gasteiger partial charge in [0.15, 0.2) is 11.5 Å². The van der Waals surface area contributed by atoms with Crippen molar-refractivity contribution in [2.24, 2.45) is 0 Å². The van der Waals surface area contributed by atoms with Crippen LogP contribution in [0.15, 0.2) is 90.5 Å². The Labute approximate surface area is 262 Å². The maximum Gasteiger partial charge on any atom is 0.335 e. The van der Waals surface area contributed by atoms with E-state index in [0.717, 1.165) is 16.0 Å². The molecule has 5 rings (SSSR count). The van der Waals surface area contributed by atoms with Gasteiger partial charge in [0.1, 0.15) is 24.5 Å². The van der Waals surface area contributed by atoms with Crippen LogP contribution in [-0.4, -0.2) is 29.9 Å². The molecule has 1 N–H and O–H groups in total. The fourth-order valence-electron chi connectivity index (χ4n) is 4.48. The summed E-state index contributed by atoms with van der Waals surface area (Å²) < 4.78 is 17.0. The van der Waals surface area contributed by atoms with Crippen LogP contribution in [-0.2, 0) is 22.8 Å². The molecule has 0 atom stereocenters. The number of ether oxygens (including phenoxy) is 3. The number of amides is 4. The normalized spacial score (nSPS) is 13.9. The van der Waals surface area contributed by atoms with Crippen molar-refractivity contribution in [3.8, 4) is 17.2 Å². The van der Waals surface area contributed by atoms with Gasteiger partial charge in [-0.2, -0.15) is 0 Å². The molecule has 0 aliphatic carbocycles. The number of urea groups is 1. The van der Waals surface area contributed by atoms with Crippen molar-refractivity contribution in [2.75, 3.05) is 12.0 Å². The number of halogens is 1. The number of anilines is 1. The van der Waals surface area contributed by atoms with E-state index in [1.165, 1.54) is 37.5 Å². The highest BCUT2D eigenvalue weighted by atomic mass is 35.5. The van der Waals surface area contributed by atoms with E-state index in [0.29, 0.717) is 23.5 Å². The predicted octanol–water partition coefficient (Wildman–Crippen LogP) is 6.39. The van der Waals surface area contributed by atoms with Crippen molar-refractivity contribution in [2.45, 2.75) is 20.1 Å². The number of benzene rings is 4. The summed E-state index contributed by atoms with van der Waals surface area (Å²) in [4.78, 5) is 50.3. The molecule has 228 valence electrons. The van der Waals surface area contributed by atoms with Gasteiger partial charge in [0.25, 0.3) is 17.5 Å². The van der Waals surface area contributed by atoms with Crippen LogP contribution in [0.3, 0.4) is 0 Å². The number of non-ortho nitro benzene ring substituents is 1. The minimum atomic E-state index is -0.893. The van der Waals surface area contributed by atoms with Gasteiger partial charge in [0.05, 0.1) is 22.7 Å². The summed E-state index contributed by atoms with van der Waals surface area (Å²) in [6.07, 6.45) is 1.29. The highest BCUT2D eigenvalue weighted by Gasteiger charge is 2.37. The number of carbonyl (C=O) groups excluding carboxylic acids is 3. The first-order chi connectivity index (χ1) is 21.6. The molecule has 1 aliphatic rings. The van der Waals surface area contributed by atoms with Crippen LogP contribution < -0.4 is 24.4 Å². The summed E-state index contributed by atoms with van der Waals surface area (Å²) in [7, 11) is 1.38. The molecular weight excluding hydrogens is 602 g/mol. The van der Waals surface area contributed by atoms with Gasteiger partial charge in [-0.05, 0) is 66.1 Å². The molecule has 11 nitrogen and oxygen atoms in total. The van der Waals surface area contributed by atoms with Crippen LogP contribution in [0.5, 0.6) is 17.2 Å². The monoisotopic (exact) mass is 627 g/mol. The van der Waals surface area contributed by atoms with Crippen LogP contribution in [0.25, 0.3) is 6.08 Å². The molecule has 4 amide bonds. The van der Waals surface area contributed by atoms with Crippen LogP contribution >= 0.6 is 11.6 Å². The number of hydrogen-bond acceptors (Lipinski definition) is 8. The molecule has 0 radical (unpaired) electrons. The molecule has 1 saturated heterocycles. The maximum absolute atomic E-state index is 13.4. The Kier molecular flexibility index (Phi) is 9.10. The van der Waals surface area contributed by atoms with Crippen molar-refractivity contribution >= 4 is 46.9 Å². The molecule has 1 heterocycles. The zero-order valence-corrected chi connectivity index (χ0v) is 24.9. The lowest BCUT2D eigenvalue weighted by Gasteiger charge is -2.26. The number of carbonyl (C=O) groups is 3. The summed E-state index contributed by atoms with van der Waals surface area (Å²) >= 11 is 6.48. The Morgan fingerprint density at radius 3 is 2.31 bits per heavy atom. The first kappa shape index (κ1) is 30.8. The molecule has 0 bridgehead atoms. The van der Waals surface area contributed by atoms with Crippen LogP contribution in [0, 0.1) is 17.0 Å². The lowest BCUT2D eigenvalue weighted by Crippen LogP contribution is -2.54. The number of nitrogens with zero attached hydrogens (tertiary/aromatic N) is 2. The first-order valence-electron chi connectivity index (χ1n) is 13.6. The maximum atomic E-state index is 13.4. The molecule has 0 aromatic heterocycles. The second kappa shape index (κ2) is 13.3. The van der Waals surface area contributed by atoms with Gasteiger partial charge in [0, 0.05) is 12.1 Å². The van der Waals surface area contributed by atoms with Crippen LogP contribution in [0.1, 0.15) is 22.3 Å². The molecule has 45 heavy (non-hydrogen) atoms. The van der Waals surface area contributed by atoms with Crippen molar-refractivity contribution < 1.29 is 33.5 Å². The standard InChI is InChI=1S/C33H26ClN3O8/c1-20-6-8-21(9-7-20)18-44-26-12-10-24(11-13-26)36-32(39)27(31(38)35-33(36)40)15-23-16-28(34)30(29(17-23)43-2)45-19-22-4-3-5-25(14-22)37(41)42/h3-17H,18-19H2,1-2H3,(H,35,38,40)/b27-15+.